The van der Waals surface area contributed by atoms with Gasteiger partial charge in [-0.25, -0.2) is 19.4 Å². The summed E-state index contributed by atoms with van der Waals surface area (Å²) >= 11 is 1.61. The van der Waals surface area contributed by atoms with Gasteiger partial charge in [-0.3, -0.25) is 4.40 Å². The van der Waals surface area contributed by atoms with E-state index < -0.39 is 0 Å². The second-order valence-electron chi connectivity index (χ2n) is 6.63. The van der Waals surface area contributed by atoms with Gasteiger partial charge in [0.25, 0.3) is 0 Å². The molecule has 0 aliphatic carbocycles. The first-order chi connectivity index (χ1) is 14.3. The molecule has 0 aliphatic heterocycles. The Bertz CT molecular complexity index is 1340. The van der Waals surface area contributed by atoms with Gasteiger partial charge in [-0.05, 0) is 24.1 Å². The Labute approximate surface area is 170 Å². The second kappa shape index (κ2) is 7.48. The summed E-state index contributed by atoms with van der Waals surface area (Å²) in [4.78, 5) is 22.2. The van der Waals surface area contributed by atoms with E-state index in [0.717, 1.165) is 33.6 Å². The summed E-state index contributed by atoms with van der Waals surface area (Å²) < 4.78 is 3.06. The monoisotopic (exact) mass is 402 g/mol. The molecular formula is C21H18N6OS. The maximum atomic E-state index is 12.4. The zero-order valence-electron chi connectivity index (χ0n) is 15.5. The van der Waals surface area contributed by atoms with E-state index in [1.807, 2.05) is 36.4 Å². The molecule has 1 N–H and O–H groups in total. The molecule has 0 fully saturated rings. The lowest BCUT2D eigenvalue weighted by Crippen LogP contribution is -2.22. The van der Waals surface area contributed by atoms with Gasteiger partial charge in [0, 0.05) is 30.2 Å². The number of fused-ring (bicyclic) bond motifs is 2. The van der Waals surface area contributed by atoms with Gasteiger partial charge < -0.3 is 5.32 Å². The Kier molecular flexibility index (Phi) is 4.53. The molecule has 0 radical (unpaired) electrons. The summed E-state index contributed by atoms with van der Waals surface area (Å²) in [6.07, 6.45) is 4.07. The lowest BCUT2D eigenvalue weighted by Gasteiger charge is -2.08. The number of aryl methyl sites for hydroxylation is 1. The Hall–Kier alpha value is -3.52. The largest absolute Gasteiger partial charge is 0.369 e. The van der Waals surface area contributed by atoms with Gasteiger partial charge in [0.05, 0.1) is 5.39 Å². The highest BCUT2D eigenvalue weighted by Crippen LogP contribution is 2.36. The van der Waals surface area contributed by atoms with Crippen molar-refractivity contribution in [1.82, 2.24) is 24.1 Å². The Morgan fingerprint density at radius 1 is 1.03 bits per heavy atom. The van der Waals surface area contributed by atoms with E-state index >= 15 is 0 Å². The Balaban J connectivity index is 1.34. The molecule has 0 atom stereocenters. The maximum absolute atomic E-state index is 12.4. The van der Waals surface area contributed by atoms with Crippen molar-refractivity contribution in [1.29, 1.82) is 0 Å². The molecule has 0 amide bonds. The smallest absolute Gasteiger partial charge is 0.350 e. The van der Waals surface area contributed by atoms with Crippen LogP contribution >= 0.6 is 11.3 Å². The minimum atomic E-state index is -0.116. The van der Waals surface area contributed by atoms with Crippen molar-refractivity contribution in [2.75, 3.05) is 11.9 Å². The number of rotatable bonds is 6. The van der Waals surface area contributed by atoms with Crippen LogP contribution in [0.4, 0.5) is 5.82 Å². The molecule has 0 bridgehead atoms. The molecule has 5 aromatic rings. The Morgan fingerprint density at radius 2 is 1.90 bits per heavy atom. The standard InChI is InChI=1S/C21H18N6OS/c28-21-26-11-5-4-9-17(26)25-27(21)12-6-10-22-19-18-16(15-7-2-1-3-8-15)13-29-20(18)24-14-23-19/h1-5,7-9,11,13-14H,6,10,12H2,(H,22,23,24). The van der Waals surface area contributed by atoms with Crippen molar-refractivity contribution >= 4 is 33.0 Å². The van der Waals surface area contributed by atoms with Crippen molar-refractivity contribution in [2.24, 2.45) is 0 Å². The highest BCUT2D eigenvalue weighted by molar-refractivity contribution is 7.17. The van der Waals surface area contributed by atoms with Gasteiger partial charge in [-0.2, -0.15) is 0 Å². The first-order valence-corrected chi connectivity index (χ1v) is 10.2. The summed E-state index contributed by atoms with van der Waals surface area (Å²) in [5.41, 5.74) is 2.82. The number of nitrogens with one attached hydrogen (secondary N) is 1. The Morgan fingerprint density at radius 3 is 2.76 bits per heavy atom. The fourth-order valence-corrected chi connectivity index (χ4v) is 4.30. The van der Waals surface area contributed by atoms with E-state index in [9.17, 15) is 4.79 Å². The van der Waals surface area contributed by atoms with Crippen LogP contribution in [0.3, 0.4) is 0 Å². The molecular weight excluding hydrogens is 384 g/mol. The van der Waals surface area contributed by atoms with E-state index in [1.54, 1.807) is 28.3 Å². The van der Waals surface area contributed by atoms with Crippen molar-refractivity contribution in [3.05, 3.63) is 76.9 Å². The van der Waals surface area contributed by atoms with Crippen molar-refractivity contribution in [2.45, 2.75) is 13.0 Å². The molecule has 4 heterocycles. The zero-order chi connectivity index (χ0) is 19.6. The van der Waals surface area contributed by atoms with Crippen LogP contribution in [-0.2, 0) is 6.54 Å². The van der Waals surface area contributed by atoms with Gasteiger partial charge in [0.15, 0.2) is 5.65 Å². The molecule has 0 saturated heterocycles. The molecule has 1 aromatic carbocycles. The third-order valence-corrected chi connectivity index (χ3v) is 5.67. The lowest BCUT2D eigenvalue weighted by atomic mass is 10.1. The molecule has 7 nitrogen and oxygen atoms in total. The number of aromatic nitrogens is 5. The van der Waals surface area contributed by atoms with Crippen molar-refractivity contribution in [3.8, 4) is 11.1 Å². The van der Waals surface area contributed by atoms with E-state index in [0.29, 0.717) is 18.7 Å². The molecule has 144 valence electrons. The third-order valence-electron chi connectivity index (χ3n) is 4.78. The van der Waals surface area contributed by atoms with Gasteiger partial charge in [0.2, 0.25) is 0 Å². The summed E-state index contributed by atoms with van der Waals surface area (Å²) in [6, 6.07) is 15.8. The normalized spacial score (nSPS) is 11.3. The van der Waals surface area contributed by atoms with Crippen LogP contribution in [-0.4, -0.2) is 30.7 Å². The number of anilines is 1. The first kappa shape index (κ1) is 17.6. The highest BCUT2D eigenvalue weighted by Gasteiger charge is 2.13. The average molecular weight is 402 g/mol. The molecule has 0 unspecified atom stereocenters. The first-order valence-electron chi connectivity index (χ1n) is 9.37. The number of hydrogen-bond donors (Lipinski definition) is 1. The summed E-state index contributed by atoms with van der Waals surface area (Å²) in [7, 11) is 0. The minimum absolute atomic E-state index is 0.116. The number of nitrogens with zero attached hydrogens (tertiary/aromatic N) is 5. The molecule has 4 aromatic heterocycles. The molecule has 29 heavy (non-hydrogen) atoms. The molecule has 0 spiro atoms. The van der Waals surface area contributed by atoms with Crippen molar-refractivity contribution in [3.63, 3.8) is 0 Å². The maximum Gasteiger partial charge on any atom is 0.350 e. The fourth-order valence-electron chi connectivity index (χ4n) is 3.39. The SMILES string of the molecule is O=c1n(CCCNc2ncnc3scc(-c4ccccc4)c23)nc2ccccn12. The van der Waals surface area contributed by atoms with Crippen LogP contribution in [0.25, 0.3) is 27.0 Å². The molecule has 8 heteroatoms. The fraction of sp³-hybridized carbons (Fsp3) is 0.143. The van der Waals surface area contributed by atoms with Crippen LogP contribution in [0.15, 0.2) is 71.2 Å². The van der Waals surface area contributed by atoms with Gasteiger partial charge >= 0.3 is 5.69 Å². The predicted molar refractivity (Wildman–Crippen MR) is 115 cm³/mol. The van der Waals surface area contributed by atoms with E-state index in [-0.39, 0.29) is 5.69 Å². The number of pyridine rings is 1. The topological polar surface area (TPSA) is 77.1 Å². The van der Waals surface area contributed by atoms with Gasteiger partial charge in [0.1, 0.15) is 17.0 Å². The lowest BCUT2D eigenvalue weighted by molar-refractivity contribution is 0.572. The van der Waals surface area contributed by atoms with Gasteiger partial charge in [-0.1, -0.05) is 36.4 Å². The predicted octanol–water partition coefficient (Wildman–Crippen LogP) is 3.67. The van der Waals surface area contributed by atoms with Crippen LogP contribution in [0.5, 0.6) is 0 Å². The minimum Gasteiger partial charge on any atom is -0.369 e. The summed E-state index contributed by atoms with van der Waals surface area (Å²) in [5, 5.41) is 10.9. The quantitative estimate of drug-likeness (QED) is 0.439. The van der Waals surface area contributed by atoms with Gasteiger partial charge in [-0.15, -0.1) is 16.4 Å². The number of thiophene rings is 1. The van der Waals surface area contributed by atoms with Crippen LogP contribution < -0.4 is 11.0 Å². The second-order valence-corrected chi connectivity index (χ2v) is 7.49. The van der Waals surface area contributed by atoms with Crippen LogP contribution in [0.2, 0.25) is 0 Å². The molecule has 5 rings (SSSR count). The van der Waals surface area contributed by atoms with Crippen molar-refractivity contribution < 1.29 is 0 Å². The summed E-state index contributed by atoms with van der Waals surface area (Å²) in [6.45, 7) is 1.22. The number of hydrogen-bond acceptors (Lipinski definition) is 6. The van der Waals surface area contributed by atoms with Crippen LogP contribution in [0.1, 0.15) is 6.42 Å². The summed E-state index contributed by atoms with van der Waals surface area (Å²) in [5.74, 6) is 0.817. The van der Waals surface area contributed by atoms with E-state index in [4.69, 9.17) is 0 Å². The number of benzene rings is 1. The molecule has 0 aliphatic rings. The van der Waals surface area contributed by atoms with E-state index in [2.05, 4.69) is 37.9 Å². The van der Waals surface area contributed by atoms with E-state index in [1.165, 1.54) is 4.68 Å². The average Bonchev–Trinajstić information content (AvgIpc) is 3.34. The highest BCUT2D eigenvalue weighted by atomic mass is 32.1. The molecule has 0 saturated carbocycles. The third kappa shape index (κ3) is 3.27. The van der Waals surface area contributed by atoms with Crippen LogP contribution in [0, 0.1) is 0 Å². The zero-order valence-corrected chi connectivity index (χ0v) is 16.3.